The van der Waals surface area contributed by atoms with E-state index >= 15 is 0 Å². The van der Waals surface area contributed by atoms with Crippen LogP contribution in [0.15, 0.2) is 24.3 Å². The summed E-state index contributed by atoms with van der Waals surface area (Å²) in [5.74, 6) is 0. The van der Waals surface area contributed by atoms with E-state index in [-0.39, 0.29) is 12.1 Å². The molecule has 1 aromatic rings. The van der Waals surface area contributed by atoms with Gasteiger partial charge in [0, 0.05) is 24.8 Å². The number of β-amino-alcohol motifs (C(OH)–C–C–N with tert-alkyl or cyclic N) is 1. The van der Waals surface area contributed by atoms with Gasteiger partial charge in [0.25, 0.3) is 0 Å². The molecule has 2 atom stereocenters. The Balaban J connectivity index is 1.63. The number of anilines is 1. The Bertz CT molecular complexity index is 401. The number of hydrogen-bond donors (Lipinski definition) is 2. The van der Waals surface area contributed by atoms with Gasteiger partial charge in [-0.3, -0.25) is 0 Å². The Hall–Kier alpha value is -1.06. The van der Waals surface area contributed by atoms with Crippen molar-refractivity contribution < 1.29 is 5.11 Å². The van der Waals surface area contributed by atoms with Crippen molar-refractivity contribution in [2.24, 2.45) is 0 Å². The molecule has 2 heterocycles. The molecular formula is C15H22N2O. The van der Waals surface area contributed by atoms with E-state index in [0.29, 0.717) is 0 Å². The van der Waals surface area contributed by atoms with Crippen molar-refractivity contribution in [3.05, 3.63) is 29.8 Å². The van der Waals surface area contributed by atoms with Gasteiger partial charge >= 0.3 is 0 Å². The van der Waals surface area contributed by atoms with Gasteiger partial charge in [0.2, 0.25) is 0 Å². The SMILES string of the molecule is OC(CN1CCc2ccccc21)C1CCCCN1. The zero-order chi connectivity index (χ0) is 12.4. The molecule has 3 rings (SSSR count). The maximum Gasteiger partial charge on any atom is 0.0867 e. The molecule has 0 aliphatic carbocycles. The second-order valence-corrected chi connectivity index (χ2v) is 5.45. The Morgan fingerprint density at radius 3 is 3.06 bits per heavy atom. The van der Waals surface area contributed by atoms with E-state index in [0.717, 1.165) is 32.5 Å². The molecule has 0 spiro atoms. The number of piperidine rings is 1. The number of hydrogen-bond acceptors (Lipinski definition) is 3. The van der Waals surface area contributed by atoms with Crippen molar-refractivity contribution in [1.29, 1.82) is 0 Å². The zero-order valence-electron chi connectivity index (χ0n) is 10.8. The average Bonchev–Trinajstić information content (AvgIpc) is 2.83. The molecule has 0 amide bonds. The standard InChI is InChI=1S/C15H22N2O/c18-15(13-6-3-4-9-16-13)11-17-10-8-12-5-1-2-7-14(12)17/h1-2,5,7,13,15-16,18H,3-4,6,8-11H2. The minimum atomic E-state index is -0.253. The number of para-hydroxylation sites is 1. The van der Waals surface area contributed by atoms with Gasteiger partial charge in [0.15, 0.2) is 0 Å². The molecular weight excluding hydrogens is 224 g/mol. The molecule has 1 aromatic carbocycles. The highest BCUT2D eigenvalue weighted by Crippen LogP contribution is 2.27. The molecule has 18 heavy (non-hydrogen) atoms. The number of benzene rings is 1. The maximum atomic E-state index is 10.4. The second kappa shape index (κ2) is 5.29. The lowest BCUT2D eigenvalue weighted by molar-refractivity contribution is 0.118. The van der Waals surface area contributed by atoms with Crippen molar-refractivity contribution in [2.75, 3.05) is 24.5 Å². The fraction of sp³-hybridized carbons (Fsp3) is 0.600. The first kappa shape index (κ1) is 12.0. The van der Waals surface area contributed by atoms with Crippen molar-refractivity contribution in [2.45, 2.75) is 37.8 Å². The second-order valence-electron chi connectivity index (χ2n) is 5.45. The smallest absolute Gasteiger partial charge is 0.0867 e. The molecule has 0 aromatic heterocycles. The van der Waals surface area contributed by atoms with Crippen LogP contribution in [-0.4, -0.2) is 36.9 Å². The lowest BCUT2D eigenvalue weighted by Gasteiger charge is -2.31. The summed E-state index contributed by atoms with van der Waals surface area (Å²) in [5, 5.41) is 13.8. The molecule has 2 unspecified atom stereocenters. The monoisotopic (exact) mass is 246 g/mol. The third kappa shape index (κ3) is 2.38. The molecule has 3 heteroatoms. The van der Waals surface area contributed by atoms with Gasteiger partial charge in [-0.2, -0.15) is 0 Å². The maximum absolute atomic E-state index is 10.4. The number of aliphatic hydroxyl groups excluding tert-OH is 1. The van der Waals surface area contributed by atoms with Crippen molar-refractivity contribution in [3.63, 3.8) is 0 Å². The van der Waals surface area contributed by atoms with E-state index in [1.165, 1.54) is 24.1 Å². The molecule has 0 saturated carbocycles. The van der Waals surface area contributed by atoms with Crippen LogP contribution >= 0.6 is 0 Å². The molecule has 0 bridgehead atoms. The molecule has 1 saturated heterocycles. The first-order chi connectivity index (χ1) is 8.84. The van der Waals surface area contributed by atoms with Crippen LogP contribution < -0.4 is 10.2 Å². The fourth-order valence-corrected chi connectivity index (χ4v) is 3.16. The van der Waals surface area contributed by atoms with Crippen LogP contribution in [0.3, 0.4) is 0 Å². The summed E-state index contributed by atoms with van der Waals surface area (Å²) >= 11 is 0. The van der Waals surface area contributed by atoms with E-state index in [2.05, 4.69) is 34.5 Å². The minimum Gasteiger partial charge on any atom is -0.390 e. The topological polar surface area (TPSA) is 35.5 Å². The highest BCUT2D eigenvalue weighted by Gasteiger charge is 2.26. The number of nitrogens with zero attached hydrogens (tertiary/aromatic N) is 1. The first-order valence-corrected chi connectivity index (χ1v) is 7.09. The lowest BCUT2D eigenvalue weighted by atomic mass is 9.99. The number of aliphatic hydroxyl groups is 1. The summed E-state index contributed by atoms with van der Waals surface area (Å²) in [6.45, 7) is 2.86. The van der Waals surface area contributed by atoms with Crippen LogP contribution in [0.4, 0.5) is 5.69 Å². The summed E-state index contributed by atoms with van der Waals surface area (Å²) in [6.07, 6.45) is 4.45. The largest absolute Gasteiger partial charge is 0.390 e. The van der Waals surface area contributed by atoms with Crippen molar-refractivity contribution >= 4 is 5.69 Å². The number of nitrogens with one attached hydrogen (secondary N) is 1. The van der Waals surface area contributed by atoms with Gasteiger partial charge in [0.05, 0.1) is 6.10 Å². The Kier molecular flexibility index (Phi) is 3.52. The van der Waals surface area contributed by atoms with Crippen molar-refractivity contribution in [3.8, 4) is 0 Å². The van der Waals surface area contributed by atoms with E-state index < -0.39 is 0 Å². The predicted octanol–water partition coefficient (Wildman–Crippen LogP) is 1.55. The summed E-state index contributed by atoms with van der Waals surface area (Å²) < 4.78 is 0. The van der Waals surface area contributed by atoms with Crippen LogP contribution in [0.1, 0.15) is 24.8 Å². The normalized spacial score (nSPS) is 24.9. The van der Waals surface area contributed by atoms with Crippen molar-refractivity contribution in [1.82, 2.24) is 5.32 Å². The average molecular weight is 246 g/mol. The molecule has 1 fully saturated rings. The Morgan fingerprint density at radius 1 is 1.33 bits per heavy atom. The Morgan fingerprint density at radius 2 is 2.22 bits per heavy atom. The third-order valence-corrected chi connectivity index (χ3v) is 4.20. The quantitative estimate of drug-likeness (QED) is 0.849. The van der Waals surface area contributed by atoms with Crippen LogP contribution in [0.2, 0.25) is 0 Å². The van der Waals surface area contributed by atoms with E-state index in [1.54, 1.807) is 0 Å². The van der Waals surface area contributed by atoms with E-state index in [9.17, 15) is 5.11 Å². The van der Waals surface area contributed by atoms with Crippen LogP contribution in [-0.2, 0) is 6.42 Å². The summed E-state index contributed by atoms with van der Waals surface area (Å²) in [7, 11) is 0. The molecule has 2 aliphatic rings. The van der Waals surface area contributed by atoms with Crippen LogP contribution in [0.5, 0.6) is 0 Å². The fourth-order valence-electron chi connectivity index (χ4n) is 3.16. The van der Waals surface area contributed by atoms with Gasteiger partial charge < -0.3 is 15.3 Å². The summed E-state index contributed by atoms with van der Waals surface area (Å²) in [4.78, 5) is 2.33. The zero-order valence-corrected chi connectivity index (χ0v) is 10.8. The molecule has 2 N–H and O–H groups in total. The van der Waals surface area contributed by atoms with E-state index in [1.807, 2.05) is 0 Å². The number of rotatable bonds is 3. The van der Waals surface area contributed by atoms with Crippen LogP contribution in [0.25, 0.3) is 0 Å². The highest BCUT2D eigenvalue weighted by molar-refractivity contribution is 5.57. The minimum absolute atomic E-state index is 0.253. The van der Waals surface area contributed by atoms with Gasteiger partial charge in [0.1, 0.15) is 0 Å². The van der Waals surface area contributed by atoms with Crippen LogP contribution in [0, 0.1) is 0 Å². The summed E-state index contributed by atoms with van der Waals surface area (Å²) in [6, 6.07) is 8.83. The number of fused-ring (bicyclic) bond motifs is 1. The van der Waals surface area contributed by atoms with Gasteiger partial charge in [-0.15, -0.1) is 0 Å². The van der Waals surface area contributed by atoms with Gasteiger partial charge in [-0.05, 0) is 37.4 Å². The lowest BCUT2D eigenvalue weighted by Crippen LogP contribution is -2.48. The molecule has 98 valence electrons. The molecule has 3 nitrogen and oxygen atoms in total. The molecule has 0 radical (unpaired) electrons. The first-order valence-electron chi connectivity index (χ1n) is 7.09. The predicted molar refractivity (Wildman–Crippen MR) is 74.0 cm³/mol. The van der Waals surface area contributed by atoms with Gasteiger partial charge in [-0.25, -0.2) is 0 Å². The summed E-state index contributed by atoms with van der Waals surface area (Å²) in [5.41, 5.74) is 2.73. The third-order valence-electron chi connectivity index (χ3n) is 4.20. The molecule has 2 aliphatic heterocycles. The van der Waals surface area contributed by atoms with Gasteiger partial charge in [-0.1, -0.05) is 24.6 Å². The highest BCUT2D eigenvalue weighted by atomic mass is 16.3. The Labute approximate surface area is 109 Å². The van der Waals surface area contributed by atoms with E-state index in [4.69, 9.17) is 0 Å².